The van der Waals surface area contributed by atoms with Gasteiger partial charge in [0.2, 0.25) is 5.91 Å². The molecule has 3 nitrogen and oxygen atoms in total. The van der Waals surface area contributed by atoms with Crippen molar-refractivity contribution in [2.24, 2.45) is 5.73 Å². The molecule has 110 valence electrons. The van der Waals surface area contributed by atoms with Crippen molar-refractivity contribution in [2.45, 2.75) is 25.8 Å². The highest BCUT2D eigenvalue weighted by Crippen LogP contribution is 2.16. The molecular formula is C18H22N2O. The summed E-state index contributed by atoms with van der Waals surface area (Å²) < 4.78 is 0. The third-order valence-electron chi connectivity index (χ3n) is 3.62. The average Bonchev–Trinajstić information content (AvgIpc) is 2.52. The number of amides is 1. The number of hydrogen-bond donors (Lipinski definition) is 1. The molecule has 1 amide bonds. The molecule has 0 fully saturated rings. The van der Waals surface area contributed by atoms with E-state index in [1.165, 1.54) is 5.56 Å². The van der Waals surface area contributed by atoms with Gasteiger partial charge in [0.25, 0.3) is 0 Å². The fraction of sp³-hybridized carbons (Fsp3) is 0.278. The first kappa shape index (κ1) is 15.3. The molecule has 0 saturated carbocycles. The number of carbonyl (C=O) groups is 1. The van der Waals surface area contributed by atoms with Gasteiger partial charge in [0.05, 0.1) is 6.04 Å². The van der Waals surface area contributed by atoms with Gasteiger partial charge in [-0.2, -0.15) is 0 Å². The van der Waals surface area contributed by atoms with Crippen LogP contribution in [0.15, 0.2) is 54.6 Å². The van der Waals surface area contributed by atoms with Gasteiger partial charge in [-0.1, -0.05) is 42.5 Å². The standard InChI is InChI=1S/C18H22N2O/c1-14-7-6-10-16(13-14)20(2)18(21)17(19)12-11-15-8-4-3-5-9-15/h3-10,13,17H,11-12,19H2,1-2H3/t17-/m0/s1. The van der Waals surface area contributed by atoms with Crippen molar-refractivity contribution in [3.63, 3.8) is 0 Å². The summed E-state index contributed by atoms with van der Waals surface area (Å²) in [6, 6.07) is 17.5. The van der Waals surface area contributed by atoms with Gasteiger partial charge < -0.3 is 10.6 Å². The van der Waals surface area contributed by atoms with Crippen molar-refractivity contribution in [1.82, 2.24) is 0 Å². The Labute approximate surface area is 126 Å². The fourth-order valence-electron chi connectivity index (χ4n) is 2.30. The molecule has 0 radical (unpaired) electrons. The van der Waals surface area contributed by atoms with Crippen LogP contribution in [0.2, 0.25) is 0 Å². The summed E-state index contributed by atoms with van der Waals surface area (Å²) >= 11 is 0. The van der Waals surface area contributed by atoms with Crippen LogP contribution in [-0.2, 0) is 11.2 Å². The van der Waals surface area contributed by atoms with Gasteiger partial charge in [0.15, 0.2) is 0 Å². The average molecular weight is 282 g/mol. The minimum absolute atomic E-state index is 0.0449. The number of benzene rings is 2. The van der Waals surface area contributed by atoms with Crippen LogP contribution in [0, 0.1) is 6.92 Å². The summed E-state index contributed by atoms with van der Waals surface area (Å²) in [5, 5.41) is 0. The number of anilines is 1. The van der Waals surface area contributed by atoms with Crippen molar-refractivity contribution in [2.75, 3.05) is 11.9 Å². The lowest BCUT2D eigenvalue weighted by Crippen LogP contribution is -2.42. The van der Waals surface area contributed by atoms with E-state index in [9.17, 15) is 4.79 Å². The Morgan fingerprint density at radius 3 is 2.52 bits per heavy atom. The highest BCUT2D eigenvalue weighted by Gasteiger charge is 2.19. The molecule has 0 aliphatic heterocycles. The van der Waals surface area contributed by atoms with Gasteiger partial charge in [-0.25, -0.2) is 0 Å². The fourth-order valence-corrected chi connectivity index (χ4v) is 2.30. The Hall–Kier alpha value is -2.13. The zero-order valence-corrected chi connectivity index (χ0v) is 12.6. The van der Waals surface area contributed by atoms with E-state index in [1.54, 1.807) is 11.9 Å². The minimum Gasteiger partial charge on any atom is -0.320 e. The maximum absolute atomic E-state index is 12.4. The predicted octanol–water partition coefficient (Wildman–Crippen LogP) is 2.92. The largest absolute Gasteiger partial charge is 0.320 e. The molecule has 21 heavy (non-hydrogen) atoms. The van der Waals surface area contributed by atoms with Crippen molar-refractivity contribution in [3.05, 3.63) is 65.7 Å². The molecular weight excluding hydrogens is 260 g/mol. The van der Waals surface area contributed by atoms with Gasteiger partial charge in [-0.3, -0.25) is 4.79 Å². The van der Waals surface area contributed by atoms with Gasteiger partial charge in [-0.15, -0.1) is 0 Å². The molecule has 2 aromatic rings. The molecule has 2 N–H and O–H groups in total. The summed E-state index contributed by atoms with van der Waals surface area (Å²) in [5.74, 6) is -0.0449. The molecule has 0 aromatic heterocycles. The Kier molecular flexibility index (Phi) is 5.12. The smallest absolute Gasteiger partial charge is 0.243 e. The first-order valence-corrected chi connectivity index (χ1v) is 7.21. The van der Waals surface area contributed by atoms with Gasteiger partial charge >= 0.3 is 0 Å². The van der Waals surface area contributed by atoms with Gasteiger partial charge in [-0.05, 0) is 43.0 Å². The van der Waals surface area contributed by atoms with E-state index in [2.05, 4.69) is 12.1 Å². The highest BCUT2D eigenvalue weighted by molar-refractivity contribution is 5.96. The number of carbonyl (C=O) groups excluding carboxylic acids is 1. The van der Waals surface area contributed by atoms with Crippen LogP contribution < -0.4 is 10.6 Å². The summed E-state index contributed by atoms with van der Waals surface area (Å²) in [6.45, 7) is 2.01. The molecule has 2 aromatic carbocycles. The number of nitrogens with zero attached hydrogens (tertiary/aromatic N) is 1. The van der Waals surface area contributed by atoms with Crippen molar-refractivity contribution < 1.29 is 4.79 Å². The molecule has 3 heteroatoms. The number of hydrogen-bond acceptors (Lipinski definition) is 2. The molecule has 0 bridgehead atoms. The Morgan fingerprint density at radius 1 is 1.14 bits per heavy atom. The lowest BCUT2D eigenvalue weighted by Gasteiger charge is -2.21. The molecule has 0 unspecified atom stereocenters. The molecule has 0 saturated heterocycles. The first-order chi connectivity index (χ1) is 10.1. The monoisotopic (exact) mass is 282 g/mol. The van der Waals surface area contributed by atoms with E-state index in [0.29, 0.717) is 6.42 Å². The molecule has 0 aliphatic carbocycles. The van der Waals surface area contributed by atoms with E-state index in [4.69, 9.17) is 5.73 Å². The predicted molar refractivity (Wildman–Crippen MR) is 87.3 cm³/mol. The third-order valence-corrected chi connectivity index (χ3v) is 3.62. The summed E-state index contributed by atoms with van der Waals surface area (Å²) in [4.78, 5) is 14.0. The first-order valence-electron chi connectivity index (χ1n) is 7.21. The molecule has 1 atom stereocenters. The minimum atomic E-state index is -0.476. The van der Waals surface area contributed by atoms with Crippen LogP contribution in [0.3, 0.4) is 0 Å². The van der Waals surface area contributed by atoms with Crippen LogP contribution >= 0.6 is 0 Å². The van der Waals surface area contributed by atoms with Crippen molar-refractivity contribution >= 4 is 11.6 Å². The summed E-state index contributed by atoms with van der Waals surface area (Å²) in [5.41, 5.74) is 9.27. The maximum atomic E-state index is 12.4. The van der Waals surface area contributed by atoms with Gasteiger partial charge in [0, 0.05) is 12.7 Å². The van der Waals surface area contributed by atoms with E-state index in [-0.39, 0.29) is 5.91 Å². The number of nitrogens with two attached hydrogens (primary N) is 1. The van der Waals surface area contributed by atoms with E-state index >= 15 is 0 Å². The van der Waals surface area contributed by atoms with Crippen LogP contribution in [0.5, 0.6) is 0 Å². The Bertz CT molecular complexity index is 595. The number of rotatable bonds is 5. The number of likely N-dealkylation sites (N-methyl/N-ethyl adjacent to an activating group) is 1. The number of aryl methyl sites for hydroxylation is 2. The zero-order valence-electron chi connectivity index (χ0n) is 12.6. The molecule has 0 aliphatic rings. The molecule has 0 heterocycles. The highest BCUT2D eigenvalue weighted by atomic mass is 16.2. The van der Waals surface area contributed by atoms with Crippen molar-refractivity contribution in [1.29, 1.82) is 0 Å². The lowest BCUT2D eigenvalue weighted by atomic mass is 10.0. The van der Waals surface area contributed by atoms with Crippen LogP contribution in [0.1, 0.15) is 17.5 Å². The normalized spacial score (nSPS) is 12.0. The van der Waals surface area contributed by atoms with Crippen molar-refractivity contribution in [3.8, 4) is 0 Å². The van der Waals surface area contributed by atoms with Crippen LogP contribution in [-0.4, -0.2) is 19.0 Å². The second-order valence-electron chi connectivity index (χ2n) is 5.37. The molecule has 2 rings (SSSR count). The zero-order chi connectivity index (χ0) is 15.2. The molecule has 0 spiro atoms. The summed E-state index contributed by atoms with van der Waals surface area (Å²) in [6.07, 6.45) is 1.47. The van der Waals surface area contributed by atoms with Gasteiger partial charge in [0.1, 0.15) is 0 Å². The van der Waals surface area contributed by atoms with Crippen LogP contribution in [0.4, 0.5) is 5.69 Å². The quantitative estimate of drug-likeness (QED) is 0.916. The SMILES string of the molecule is Cc1cccc(N(C)C(=O)[C@@H](N)CCc2ccccc2)c1. The Morgan fingerprint density at radius 2 is 1.86 bits per heavy atom. The van der Waals surface area contributed by atoms with Crippen LogP contribution in [0.25, 0.3) is 0 Å². The van der Waals surface area contributed by atoms with E-state index in [0.717, 1.165) is 17.7 Å². The lowest BCUT2D eigenvalue weighted by molar-refractivity contribution is -0.119. The topological polar surface area (TPSA) is 46.3 Å². The second kappa shape index (κ2) is 7.04. The summed E-state index contributed by atoms with van der Waals surface area (Å²) in [7, 11) is 1.78. The van der Waals surface area contributed by atoms with E-state index < -0.39 is 6.04 Å². The Balaban J connectivity index is 1.95. The van der Waals surface area contributed by atoms with E-state index in [1.807, 2.05) is 49.4 Å². The second-order valence-corrected chi connectivity index (χ2v) is 5.37. The third kappa shape index (κ3) is 4.17. The maximum Gasteiger partial charge on any atom is 0.243 e.